The molecule has 1 aromatic carbocycles. The first-order chi connectivity index (χ1) is 14.4. The minimum absolute atomic E-state index is 0.00614. The normalized spacial score (nSPS) is 13.7. The van der Waals surface area contributed by atoms with Gasteiger partial charge in [-0.3, -0.25) is 14.2 Å². The van der Waals surface area contributed by atoms with Crippen LogP contribution in [0.5, 0.6) is 0 Å². The lowest BCUT2D eigenvalue weighted by Crippen LogP contribution is -2.26. The highest BCUT2D eigenvalue weighted by molar-refractivity contribution is 7.20. The number of hydrogen-bond donors (Lipinski definition) is 0. The molecule has 0 saturated heterocycles. The molecular weight excluding hydrogens is 396 g/mol. The topological polar surface area (TPSA) is 58.4 Å². The van der Waals surface area contributed by atoms with Gasteiger partial charge in [0.15, 0.2) is 0 Å². The van der Waals surface area contributed by atoms with E-state index in [1.54, 1.807) is 4.90 Å². The number of carbonyl (C=O) groups excluding carboxylic acids is 1. The smallest absolute Gasteiger partial charge is 0.264 e. The lowest BCUT2D eigenvalue weighted by atomic mass is 10.1. The number of thiophene rings is 1. The molecule has 0 atom stereocenters. The van der Waals surface area contributed by atoms with Crippen molar-refractivity contribution >= 4 is 33.1 Å². The van der Waals surface area contributed by atoms with Gasteiger partial charge in [-0.1, -0.05) is 18.6 Å². The maximum Gasteiger partial charge on any atom is 0.264 e. The van der Waals surface area contributed by atoms with Crippen LogP contribution in [0.4, 0.5) is 5.69 Å². The fourth-order valence-electron chi connectivity index (χ4n) is 4.03. The second kappa shape index (κ2) is 8.22. The van der Waals surface area contributed by atoms with Crippen molar-refractivity contribution in [3.05, 3.63) is 56.4 Å². The average molecular weight is 425 g/mol. The quantitative estimate of drug-likeness (QED) is 0.639. The Morgan fingerprint density at radius 1 is 1.13 bits per heavy atom. The van der Waals surface area contributed by atoms with E-state index in [-0.39, 0.29) is 11.5 Å². The van der Waals surface area contributed by atoms with Crippen molar-refractivity contribution in [3.8, 4) is 0 Å². The summed E-state index contributed by atoms with van der Waals surface area (Å²) in [5.41, 5.74) is 2.96. The van der Waals surface area contributed by atoms with Crippen molar-refractivity contribution < 1.29 is 4.79 Å². The van der Waals surface area contributed by atoms with Gasteiger partial charge in [0.25, 0.3) is 11.5 Å². The Labute approximate surface area is 180 Å². The lowest BCUT2D eigenvalue weighted by molar-refractivity contribution is 0.0789. The molecule has 1 aliphatic heterocycles. The molecule has 0 aliphatic carbocycles. The van der Waals surface area contributed by atoms with Crippen LogP contribution in [-0.2, 0) is 19.5 Å². The lowest BCUT2D eigenvalue weighted by Gasteiger charge is -2.18. The van der Waals surface area contributed by atoms with Crippen LogP contribution < -0.4 is 10.5 Å². The van der Waals surface area contributed by atoms with Gasteiger partial charge in [0.05, 0.1) is 10.3 Å². The Kier molecular flexibility index (Phi) is 5.64. The van der Waals surface area contributed by atoms with E-state index in [0.717, 1.165) is 54.9 Å². The van der Waals surface area contributed by atoms with E-state index in [0.29, 0.717) is 21.6 Å². The van der Waals surface area contributed by atoms with Crippen LogP contribution >= 0.6 is 11.3 Å². The molecule has 3 aromatic rings. The second-order valence-electron chi connectivity index (χ2n) is 8.25. The number of aryl methyl sites for hydroxylation is 2. The molecule has 3 heterocycles. The molecule has 0 saturated carbocycles. The van der Waals surface area contributed by atoms with Crippen LogP contribution in [0.1, 0.15) is 45.9 Å². The molecule has 0 N–H and O–H groups in total. The number of rotatable bonds is 4. The van der Waals surface area contributed by atoms with E-state index in [9.17, 15) is 9.59 Å². The Balaban J connectivity index is 1.63. The van der Waals surface area contributed by atoms with E-state index in [2.05, 4.69) is 12.1 Å². The molecule has 4 rings (SSSR count). The molecule has 0 bridgehead atoms. The molecule has 0 radical (unpaired) electrons. The summed E-state index contributed by atoms with van der Waals surface area (Å²) in [6.45, 7) is 3.11. The molecule has 0 fully saturated rings. The second-order valence-corrected chi connectivity index (χ2v) is 9.25. The van der Waals surface area contributed by atoms with E-state index < -0.39 is 0 Å². The summed E-state index contributed by atoms with van der Waals surface area (Å²) in [4.78, 5) is 36.2. The van der Waals surface area contributed by atoms with Crippen LogP contribution in [0.15, 0.2) is 29.1 Å². The van der Waals surface area contributed by atoms with E-state index >= 15 is 0 Å². The molecule has 0 spiro atoms. The molecule has 158 valence electrons. The number of nitrogens with zero attached hydrogens (tertiary/aromatic N) is 4. The number of amides is 1. The number of benzene rings is 1. The highest BCUT2D eigenvalue weighted by Crippen LogP contribution is 2.29. The fourth-order valence-corrected chi connectivity index (χ4v) is 5.22. The predicted molar refractivity (Wildman–Crippen MR) is 123 cm³/mol. The van der Waals surface area contributed by atoms with Crippen LogP contribution in [0.3, 0.4) is 0 Å². The Morgan fingerprint density at radius 2 is 1.87 bits per heavy atom. The van der Waals surface area contributed by atoms with Gasteiger partial charge >= 0.3 is 0 Å². The zero-order valence-corrected chi connectivity index (χ0v) is 18.9. The average Bonchev–Trinajstić information content (AvgIpc) is 2.89. The first-order valence-corrected chi connectivity index (χ1v) is 11.2. The van der Waals surface area contributed by atoms with Gasteiger partial charge in [-0.2, -0.15) is 0 Å². The summed E-state index contributed by atoms with van der Waals surface area (Å²) in [5.74, 6) is 0.798. The first kappa shape index (κ1) is 20.6. The molecule has 30 heavy (non-hydrogen) atoms. The van der Waals surface area contributed by atoms with Crippen molar-refractivity contribution in [2.45, 2.75) is 45.7 Å². The summed E-state index contributed by atoms with van der Waals surface area (Å²) >= 11 is 1.35. The summed E-state index contributed by atoms with van der Waals surface area (Å²) < 4.78 is 1.82. The minimum Gasteiger partial charge on any atom is -0.378 e. The molecule has 7 heteroatoms. The van der Waals surface area contributed by atoms with Crippen molar-refractivity contribution in [1.29, 1.82) is 0 Å². The molecule has 0 unspecified atom stereocenters. The molecule has 1 aliphatic rings. The maximum absolute atomic E-state index is 13.2. The Bertz CT molecular complexity index is 1140. The van der Waals surface area contributed by atoms with Crippen LogP contribution in [0.2, 0.25) is 0 Å². The maximum atomic E-state index is 13.2. The summed E-state index contributed by atoms with van der Waals surface area (Å²) in [6.07, 6.45) is 4.02. The number of carbonyl (C=O) groups is 1. The molecule has 1 amide bonds. The Hall–Kier alpha value is -2.67. The van der Waals surface area contributed by atoms with Crippen molar-refractivity contribution in [1.82, 2.24) is 14.5 Å². The zero-order chi connectivity index (χ0) is 21.4. The number of aromatic nitrogens is 2. The predicted octanol–water partition coefficient (Wildman–Crippen LogP) is 3.83. The SMILES string of the molecule is Cc1c(C(=O)N(C)Cc2ccc(N(C)C)cc2)sc2nc3n(c(=O)c12)CCCCC3. The van der Waals surface area contributed by atoms with Crippen molar-refractivity contribution in [3.63, 3.8) is 0 Å². The van der Waals surface area contributed by atoms with Gasteiger partial charge in [0.1, 0.15) is 10.7 Å². The largest absolute Gasteiger partial charge is 0.378 e. The van der Waals surface area contributed by atoms with Gasteiger partial charge in [-0.25, -0.2) is 4.98 Å². The highest BCUT2D eigenvalue weighted by atomic mass is 32.1. The molecule has 2 aromatic heterocycles. The molecular formula is C23H28N4O2S. The van der Waals surface area contributed by atoms with Crippen LogP contribution in [-0.4, -0.2) is 41.5 Å². The third-order valence-corrected chi connectivity index (χ3v) is 7.00. The van der Waals surface area contributed by atoms with E-state index in [4.69, 9.17) is 4.98 Å². The van der Waals surface area contributed by atoms with Gasteiger partial charge < -0.3 is 9.80 Å². The van der Waals surface area contributed by atoms with E-state index in [1.807, 2.05) is 49.7 Å². The number of anilines is 1. The van der Waals surface area contributed by atoms with Gasteiger partial charge in [0, 0.05) is 46.3 Å². The number of hydrogen-bond acceptors (Lipinski definition) is 5. The monoisotopic (exact) mass is 424 g/mol. The number of fused-ring (bicyclic) bond motifs is 2. The Morgan fingerprint density at radius 3 is 2.57 bits per heavy atom. The summed E-state index contributed by atoms with van der Waals surface area (Å²) in [5, 5.41) is 0.609. The van der Waals surface area contributed by atoms with Crippen molar-refractivity contribution in [2.24, 2.45) is 0 Å². The van der Waals surface area contributed by atoms with Gasteiger partial charge in [-0.05, 0) is 43.0 Å². The van der Waals surface area contributed by atoms with Crippen molar-refractivity contribution in [2.75, 3.05) is 26.0 Å². The van der Waals surface area contributed by atoms with Gasteiger partial charge in [-0.15, -0.1) is 11.3 Å². The van der Waals surface area contributed by atoms with E-state index in [1.165, 1.54) is 11.3 Å². The first-order valence-electron chi connectivity index (χ1n) is 10.4. The zero-order valence-electron chi connectivity index (χ0n) is 18.1. The van der Waals surface area contributed by atoms with Crippen LogP contribution in [0, 0.1) is 6.92 Å². The summed E-state index contributed by atoms with van der Waals surface area (Å²) in [7, 11) is 5.82. The molecule has 6 nitrogen and oxygen atoms in total. The summed E-state index contributed by atoms with van der Waals surface area (Å²) in [6, 6.07) is 8.19. The van der Waals surface area contributed by atoms with Gasteiger partial charge in [0.2, 0.25) is 0 Å². The fraction of sp³-hybridized carbons (Fsp3) is 0.435. The highest BCUT2D eigenvalue weighted by Gasteiger charge is 2.24. The third-order valence-electron chi connectivity index (χ3n) is 5.82. The minimum atomic E-state index is -0.0632. The standard InChI is InChI=1S/C23H28N4O2S/c1-15-19-21(24-18-8-6-5-7-13-27(18)22(19)28)30-20(15)23(29)26(4)14-16-9-11-17(12-10-16)25(2)3/h9-12H,5-8,13-14H2,1-4H3. The third kappa shape index (κ3) is 3.74. The van der Waals surface area contributed by atoms with Crippen LogP contribution in [0.25, 0.3) is 10.2 Å².